The third-order valence-corrected chi connectivity index (χ3v) is 7.13. The molecular formula is C20H21FN2O2S. The molecule has 2 aromatic rings. The van der Waals surface area contributed by atoms with Crippen LogP contribution in [0.4, 0.5) is 9.52 Å². The Kier molecular flexibility index (Phi) is 3.53. The molecule has 1 aromatic carbocycles. The first-order valence-corrected chi connectivity index (χ1v) is 10.1. The summed E-state index contributed by atoms with van der Waals surface area (Å²) in [6, 6.07) is 6.18. The van der Waals surface area contributed by atoms with Gasteiger partial charge in [-0.1, -0.05) is 0 Å². The highest BCUT2D eigenvalue weighted by atomic mass is 32.1. The van der Waals surface area contributed by atoms with E-state index in [1.165, 1.54) is 23.5 Å². The van der Waals surface area contributed by atoms with Crippen molar-refractivity contribution in [2.75, 3.05) is 5.32 Å². The second kappa shape index (κ2) is 5.60. The summed E-state index contributed by atoms with van der Waals surface area (Å²) in [5.41, 5.74) is 0.464. The third-order valence-electron chi connectivity index (χ3n) is 6.38. The van der Waals surface area contributed by atoms with Crippen LogP contribution in [-0.2, 0) is 4.79 Å². The van der Waals surface area contributed by atoms with Gasteiger partial charge in [0.25, 0.3) is 0 Å². The third kappa shape index (κ3) is 2.67. The summed E-state index contributed by atoms with van der Waals surface area (Å²) in [6.07, 6.45) is 5.20. The largest absolute Gasteiger partial charge is 0.390 e. The zero-order valence-corrected chi connectivity index (χ0v) is 15.2. The Labute approximate surface area is 155 Å². The Hall–Kier alpha value is -1.79. The number of halogens is 1. The molecular weight excluding hydrogens is 351 g/mol. The molecule has 2 unspecified atom stereocenters. The first kappa shape index (κ1) is 16.4. The number of aromatic nitrogens is 1. The smallest absolute Gasteiger partial charge is 0.232 e. The summed E-state index contributed by atoms with van der Waals surface area (Å²) in [5.74, 6) is 0.665. The number of aliphatic hydroxyl groups is 1. The number of amides is 1. The van der Waals surface area contributed by atoms with Gasteiger partial charge < -0.3 is 10.4 Å². The van der Waals surface area contributed by atoms with E-state index in [0.717, 1.165) is 43.4 Å². The van der Waals surface area contributed by atoms with Crippen LogP contribution in [0.15, 0.2) is 29.6 Å². The minimum atomic E-state index is -0.649. The number of rotatable bonds is 3. The molecule has 0 radical (unpaired) electrons. The van der Waals surface area contributed by atoms with E-state index in [2.05, 4.69) is 10.3 Å². The van der Waals surface area contributed by atoms with Gasteiger partial charge in [-0.25, -0.2) is 9.37 Å². The van der Waals surface area contributed by atoms with Crippen molar-refractivity contribution in [2.45, 2.75) is 44.1 Å². The van der Waals surface area contributed by atoms with Crippen LogP contribution in [0.1, 0.15) is 38.5 Å². The molecule has 4 atom stereocenters. The predicted molar refractivity (Wildman–Crippen MR) is 98.2 cm³/mol. The number of nitrogens with zero attached hydrogens (tertiary/aromatic N) is 1. The van der Waals surface area contributed by atoms with E-state index in [-0.39, 0.29) is 11.7 Å². The highest BCUT2D eigenvalue weighted by Crippen LogP contribution is 2.61. The van der Waals surface area contributed by atoms with Gasteiger partial charge in [-0.05, 0) is 74.6 Å². The van der Waals surface area contributed by atoms with Crippen LogP contribution in [0.5, 0.6) is 0 Å². The van der Waals surface area contributed by atoms with Gasteiger partial charge in [0.05, 0.1) is 16.7 Å². The summed E-state index contributed by atoms with van der Waals surface area (Å²) in [4.78, 5) is 17.6. The molecule has 4 aliphatic carbocycles. The van der Waals surface area contributed by atoms with Crippen LogP contribution >= 0.6 is 11.3 Å². The Morgan fingerprint density at radius 1 is 1.19 bits per heavy atom. The average molecular weight is 372 g/mol. The van der Waals surface area contributed by atoms with E-state index >= 15 is 0 Å². The van der Waals surface area contributed by atoms with Crippen molar-refractivity contribution >= 4 is 22.4 Å². The van der Waals surface area contributed by atoms with E-state index in [1.54, 1.807) is 12.1 Å². The van der Waals surface area contributed by atoms with Crippen LogP contribution in [0.3, 0.4) is 0 Å². The van der Waals surface area contributed by atoms with Gasteiger partial charge in [-0.2, -0.15) is 0 Å². The molecule has 2 N–H and O–H groups in total. The van der Waals surface area contributed by atoms with E-state index in [4.69, 9.17) is 0 Å². The summed E-state index contributed by atoms with van der Waals surface area (Å²) < 4.78 is 13.1. The van der Waals surface area contributed by atoms with Gasteiger partial charge in [0.2, 0.25) is 5.91 Å². The van der Waals surface area contributed by atoms with E-state index in [0.29, 0.717) is 23.4 Å². The first-order valence-electron chi connectivity index (χ1n) is 9.18. The lowest BCUT2D eigenvalue weighted by Crippen LogP contribution is -2.59. The Balaban J connectivity index is 1.36. The van der Waals surface area contributed by atoms with Gasteiger partial charge >= 0.3 is 0 Å². The van der Waals surface area contributed by atoms with Crippen LogP contribution in [0, 0.1) is 23.1 Å². The molecule has 0 aliphatic heterocycles. The van der Waals surface area contributed by atoms with Crippen molar-refractivity contribution in [3.63, 3.8) is 0 Å². The maximum absolute atomic E-state index is 13.1. The normalized spacial score (nSPS) is 34.8. The molecule has 6 rings (SSSR count). The zero-order valence-electron chi connectivity index (χ0n) is 14.4. The van der Waals surface area contributed by atoms with Gasteiger partial charge in [-0.3, -0.25) is 4.79 Å². The fourth-order valence-electron chi connectivity index (χ4n) is 5.79. The van der Waals surface area contributed by atoms with Crippen LogP contribution < -0.4 is 5.32 Å². The second-order valence-electron chi connectivity index (χ2n) is 8.46. The number of carbonyl (C=O) groups is 1. The first-order chi connectivity index (χ1) is 12.4. The number of nitrogens with one attached hydrogen (secondary N) is 1. The maximum atomic E-state index is 13.1. The summed E-state index contributed by atoms with van der Waals surface area (Å²) in [6.45, 7) is 0. The molecule has 136 valence electrons. The number of anilines is 1. The van der Waals surface area contributed by atoms with Gasteiger partial charge in [0.1, 0.15) is 5.82 Å². The molecule has 4 aliphatic rings. The topological polar surface area (TPSA) is 62.2 Å². The fraction of sp³-hybridized carbons (Fsp3) is 0.500. The van der Waals surface area contributed by atoms with Crippen molar-refractivity contribution in [3.05, 3.63) is 35.5 Å². The highest BCUT2D eigenvalue weighted by Gasteiger charge is 2.60. The fourth-order valence-corrected chi connectivity index (χ4v) is 6.51. The van der Waals surface area contributed by atoms with Crippen LogP contribution in [0.25, 0.3) is 11.3 Å². The Morgan fingerprint density at radius 3 is 2.54 bits per heavy atom. The van der Waals surface area contributed by atoms with Crippen molar-refractivity contribution in [2.24, 2.45) is 17.3 Å². The van der Waals surface area contributed by atoms with Gasteiger partial charge in [0.15, 0.2) is 5.13 Å². The summed E-state index contributed by atoms with van der Waals surface area (Å²) >= 11 is 1.38. The van der Waals surface area contributed by atoms with E-state index in [1.807, 2.05) is 5.38 Å². The molecule has 1 aromatic heterocycles. The molecule has 4 bridgehead atoms. The minimum Gasteiger partial charge on any atom is -0.390 e. The SMILES string of the molecule is O=C(Nc1nc(-c2ccc(F)cc2)cs1)C12C[C@@H]3C[C@@H](CC(O)(C3)C1)C2. The molecule has 4 nitrogen and oxygen atoms in total. The summed E-state index contributed by atoms with van der Waals surface area (Å²) in [7, 11) is 0. The van der Waals surface area contributed by atoms with Crippen LogP contribution in [-0.4, -0.2) is 21.6 Å². The zero-order chi connectivity index (χ0) is 17.9. The van der Waals surface area contributed by atoms with E-state index in [9.17, 15) is 14.3 Å². The number of benzene rings is 1. The predicted octanol–water partition coefficient (Wildman–Crippen LogP) is 4.22. The summed E-state index contributed by atoms with van der Waals surface area (Å²) in [5, 5.41) is 16.3. The number of hydrogen-bond acceptors (Lipinski definition) is 4. The van der Waals surface area contributed by atoms with Crippen molar-refractivity contribution in [1.29, 1.82) is 0 Å². The van der Waals surface area contributed by atoms with Crippen LogP contribution in [0.2, 0.25) is 0 Å². The Morgan fingerprint density at radius 2 is 1.88 bits per heavy atom. The monoisotopic (exact) mass is 372 g/mol. The van der Waals surface area contributed by atoms with Crippen molar-refractivity contribution in [1.82, 2.24) is 4.98 Å². The molecule has 26 heavy (non-hydrogen) atoms. The van der Waals surface area contributed by atoms with Gasteiger partial charge in [-0.15, -0.1) is 11.3 Å². The average Bonchev–Trinajstić information content (AvgIpc) is 3.01. The lowest BCUT2D eigenvalue weighted by Gasteiger charge is -2.59. The lowest BCUT2D eigenvalue weighted by molar-refractivity contribution is -0.174. The van der Waals surface area contributed by atoms with E-state index < -0.39 is 11.0 Å². The maximum Gasteiger partial charge on any atom is 0.232 e. The second-order valence-corrected chi connectivity index (χ2v) is 9.32. The molecule has 4 fully saturated rings. The van der Waals surface area contributed by atoms with Gasteiger partial charge in [0, 0.05) is 10.9 Å². The molecule has 0 spiro atoms. The molecule has 6 heteroatoms. The van der Waals surface area contributed by atoms with Crippen molar-refractivity contribution < 1.29 is 14.3 Å². The highest BCUT2D eigenvalue weighted by molar-refractivity contribution is 7.14. The molecule has 1 amide bonds. The molecule has 4 saturated carbocycles. The molecule has 0 saturated heterocycles. The standard InChI is InChI=1S/C20H21FN2O2S/c21-15-3-1-14(2-4-15)16-10-26-18(22-16)23-17(24)19-6-12-5-13(7-19)9-20(25,8-12)11-19/h1-4,10,12-13,25H,5-9,11H2,(H,22,23,24)/t12-,13+,19?,20?. The van der Waals surface area contributed by atoms with Crippen molar-refractivity contribution in [3.8, 4) is 11.3 Å². The lowest BCUT2D eigenvalue weighted by atomic mass is 9.47. The number of carbonyl (C=O) groups excluding carboxylic acids is 1. The molecule has 1 heterocycles. The number of hydrogen-bond donors (Lipinski definition) is 2. The minimum absolute atomic E-state index is 0.00466. The number of thiazole rings is 1. The quantitative estimate of drug-likeness (QED) is 0.848. The Bertz CT molecular complexity index is 849.